The number of methoxy groups -OCH3 is 2. The molecular weight excluding hydrogens is 330 g/mol. The molecule has 0 saturated carbocycles. The molecule has 0 amide bonds. The SMILES string of the molecule is COc1ccc(OC)c(C=CC(=O)c2ccccc2OCCN(C)C)c1. The van der Waals surface area contributed by atoms with E-state index in [4.69, 9.17) is 14.2 Å². The van der Waals surface area contributed by atoms with Gasteiger partial charge in [-0.3, -0.25) is 4.79 Å². The Morgan fingerprint density at radius 2 is 1.81 bits per heavy atom. The van der Waals surface area contributed by atoms with Crippen molar-refractivity contribution in [2.24, 2.45) is 0 Å². The summed E-state index contributed by atoms with van der Waals surface area (Å²) in [6, 6.07) is 12.7. The van der Waals surface area contributed by atoms with Gasteiger partial charge in [0.1, 0.15) is 23.9 Å². The summed E-state index contributed by atoms with van der Waals surface area (Å²) in [7, 11) is 7.14. The lowest BCUT2D eigenvalue weighted by atomic mass is 10.1. The molecule has 2 aromatic rings. The summed E-state index contributed by atoms with van der Waals surface area (Å²) in [6.45, 7) is 1.30. The van der Waals surface area contributed by atoms with E-state index in [0.717, 1.165) is 12.1 Å². The van der Waals surface area contributed by atoms with Crippen molar-refractivity contribution < 1.29 is 19.0 Å². The molecule has 0 atom stereocenters. The van der Waals surface area contributed by atoms with Crippen molar-refractivity contribution in [3.8, 4) is 17.2 Å². The molecule has 26 heavy (non-hydrogen) atoms. The van der Waals surface area contributed by atoms with Gasteiger partial charge in [-0.1, -0.05) is 12.1 Å². The standard InChI is InChI=1S/C21H25NO4/c1-22(2)13-14-26-21-8-6-5-7-18(21)19(23)11-9-16-15-17(24-3)10-12-20(16)25-4/h5-12,15H,13-14H2,1-4H3. The third kappa shape index (κ3) is 5.36. The van der Waals surface area contributed by atoms with Crippen LogP contribution in [0.2, 0.25) is 0 Å². The van der Waals surface area contributed by atoms with Crippen LogP contribution >= 0.6 is 0 Å². The molecule has 0 aliphatic carbocycles. The average molecular weight is 355 g/mol. The predicted molar refractivity (Wildman–Crippen MR) is 103 cm³/mol. The molecule has 0 aliphatic heterocycles. The van der Waals surface area contributed by atoms with Crippen LogP contribution in [0.15, 0.2) is 48.5 Å². The number of ketones is 1. The first-order valence-corrected chi connectivity index (χ1v) is 8.36. The Bertz CT molecular complexity index is 768. The number of carbonyl (C=O) groups excluding carboxylic acids is 1. The first-order valence-electron chi connectivity index (χ1n) is 8.36. The third-order valence-electron chi connectivity index (χ3n) is 3.80. The summed E-state index contributed by atoms with van der Waals surface area (Å²) in [5.41, 5.74) is 1.30. The van der Waals surface area contributed by atoms with Crippen LogP contribution < -0.4 is 14.2 Å². The molecule has 0 saturated heterocycles. The highest BCUT2D eigenvalue weighted by Gasteiger charge is 2.10. The fraction of sp³-hybridized carbons (Fsp3) is 0.286. The van der Waals surface area contributed by atoms with Crippen molar-refractivity contribution in [2.75, 3.05) is 41.5 Å². The Labute approximate surface area is 154 Å². The maximum Gasteiger partial charge on any atom is 0.189 e. The second kappa shape index (κ2) is 9.63. The maximum atomic E-state index is 12.6. The van der Waals surface area contributed by atoms with Crippen LogP contribution in [-0.2, 0) is 0 Å². The molecule has 0 aliphatic rings. The quantitative estimate of drug-likeness (QED) is 0.509. The molecule has 138 valence electrons. The predicted octanol–water partition coefficient (Wildman–Crippen LogP) is 3.54. The van der Waals surface area contributed by atoms with E-state index in [0.29, 0.717) is 29.4 Å². The van der Waals surface area contributed by atoms with Crippen LogP contribution in [0.4, 0.5) is 0 Å². The number of para-hydroxylation sites is 1. The molecule has 5 nitrogen and oxygen atoms in total. The third-order valence-corrected chi connectivity index (χ3v) is 3.80. The Morgan fingerprint density at radius 1 is 1.04 bits per heavy atom. The summed E-state index contributed by atoms with van der Waals surface area (Å²) in [6.07, 6.45) is 3.24. The van der Waals surface area contributed by atoms with E-state index in [1.807, 2.05) is 49.3 Å². The highest BCUT2D eigenvalue weighted by molar-refractivity contribution is 6.08. The van der Waals surface area contributed by atoms with Crippen LogP contribution in [0.5, 0.6) is 17.2 Å². The van der Waals surface area contributed by atoms with E-state index in [2.05, 4.69) is 0 Å². The number of hydrogen-bond donors (Lipinski definition) is 0. The summed E-state index contributed by atoms with van der Waals surface area (Å²) in [5, 5.41) is 0. The van der Waals surface area contributed by atoms with Gasteiger partial charge in [0.15, 0.2) is 5.78 Å². The minimum Gasteiger partial charge on any atom is -0.497 e. The van der Waals surface area contributed by atoms with Gasteiger partial charge in [-0.05, 0) is 56.6 Å². The molecule has 5 heteroatoms. The van der Waals surface area contributed by atoms with Crippen molar-refractivity contribution in [1.29, 1.82) is 0 Å². The van der Waals surface area contributed by atoms with Gasteiger partial charge >= 0.3 is 0 Å². The van der Waals surface area contributed by atoms with Crippen LogP contribution in [0.1, 0.15) is 15.9 Å². The van der Waals surface area contributed by atoms with Gasteiger partial charge in [-0.2, -0.15) is 0 Å². The zero-order chi connectivity index (χ0) is 18.9. The van der Waals surface area contributed by atoms with Crippen LogP contribution in [-0.4, -0.2) is 52.1 Å². The van der Waals surface area contributed by atoms with Crippen molar-refractivity contribution in [3.05, 3.63) is 59.7 Å². The van der Waals surface area contributed by atoms with Gasteiger partial charge < -0.3 is 19.1 Å². The van der Waals surface area contributed by atoms with Crippen molar-refractivity contribution in [1.82, 2.24) is 4.90 Å². The second-order valence-electron chi connectivity index (χ2n) is 5.95. The molecule has 0 aromatic heterocycles. The first-order chi connectivity index (χ1) is 12.5. The molecule has 0 fully saturated rings. The van der Waals surface area contributed by atoms with E-state index in [1.165, 1.54) is 6.08 Å². The van der Waals surface area contributed by atoms with Crippen molar-refractivity contribution >= 4 is 11.9 Å². The van der Waals surface area contributed by atoms with E-state index in [-0.39, 0.29) is 5.78 Å². The second-order valence-corrected chi connectivity index (χ2v) is 5.95. The smallest absolute Gasteiger partial charge is 0.189 e. The molecule has 0 bridgehead atoms. The Balaban J connectivity index is 2.18. The normalized spacial score (nSPS) is 11.0. The fourth-order valence-corrected chi connectivity index (χ4v) is 2.36. The number of nitrogens with zero attached hydrogens (tertiary/aromatic N) is 1. The van der Waals surface area contributed by atoms with Gasteiger partial charge in [-0.25, -0.2) is 0 Å². The molecule has 2 rings (SSSR count). The molecular formula is C21H25NO4. The van der Waals surface area contributed by atoms with Crippen LogP contribution in [0.25, 0.3) is 6.08 Å². The summed E-state index contributed by atoms with van der Waals surface area (Å²) in [4.78, 5) is 14.7. The number of carbonyl (C=O) groups is 1. The molecule has 2 aromatic carbocycles. The minimum absolute atomic E-state index is 0.129. The topological polar surface area (TPSA) is 48.0 Å². The summed E-state index contributed by atoms with van der Waals surface area (Å²) >= 11 is 0. The highest BCUT2D eigenvalue weighted by Crippen LogP contribution is 2.26. The lowest BCUT2D eigenvalue weighted by molar-refractivity contribution is 0.104. The molecule has 0 N–H and O–H groups in total. The zero-order valence-corrected chi connectivity index (χ0v) is 15.7. The summed E-state index contributed by atoms with van der Waals surface area (Å²) < 4.78 is 16.3. The molecule has 0 radical (unpaired) electrons. The largest absolute Gasteiger partial charge is 0.497 e. The number of allylic oxidation sites excluding steroid dienone is 1. The number of rotatable bonds is 9. The number of hydrogen-bond acceptors (Lipinski definition) is 5. The Hall–Kier alpha value is -2.79. The van der Waals surface area contributed by atoms with Crippen LogP contribution in [0, 0.1) is 0 Å². The van der Waals surface area contributed by atoms with E-state index >= 15 is 0 Å². The van der Waals surface area contributed by atoms with Gasteiger partial charge in [0.2, 0.25) is 0 Å². The van der Waals surface area contributed by atoms with Crippen molar-refractivity contribution in [3.63, 3.8) is 0 Å². The van der Waals surface area contributed by atoms with E-state index in [1.54, 1.807) is 32.4 Å². The van der Waals surface area contributed by atoms with Gasteiger partial charge in [-0.15, -0.1) is 0 Å². The van der Waals surface area contributed by atoms with Crippen LogP contribution in [0.3, 0.4) is 0 Å². The number of benzene rings is 2. The lowest BCUT2D eigenvalue weighted by Gasteiger charge is -2.13. The maximum absolute atomic E-state index is 12.6. The number of likely N-dealkylation sites (N-methyl/N-ethyl adjacent to an activating group) is 1. The van der Waals surface area contributed by atoms with E-state index in [9.17, 15) is 4.79 Å². The zero-order valence-electron chi connectivity index (χ0n) is 15.7. The number of ether oxygens (including phenoxy) is 3. The van der Waals surface area contributed by atoms with Gasteiger partial charge in [0.25, 0.3) is 0 Å². The molecule has 0 spiro atoms. The molecule has 0 heterocycles. The molecule has 0 unspecified atom stereocenters. The lowest BCUT2D eigenvalue weighted by Crippen LogP contribution is -2.20. The Kier molecular flexibility index (Phi) is 7.24. The Morgan fingerprint density at radius 3 is 2.50 bits per heavy atom. The van der Waals surface area contributed by atoms with E-state index < -0.39 is 0 Å². The summed E-state index contributed by atoms with van der Waals surface area (Å²) in [5.74, 6) is 1.83. The average Bonchev–Trinajstić information content (AvgIpc) is 2.65. The monoisotopic (exact) mass is 355 g/mol. The van der Waals surface area contributed by atoms with Gasteiger partial charge in [0, 0.05) is 12.1 Å². The van der Waals surface area contributed by atoms with Crippen molar-refractivity contribution in [2.45, 2.75) is 0 Å². The first kappa shape index (κ1) is 19.5. The van der Waals surface area contributed by atoms with Gasteiger partial charge in [0.05, 0.1) is 19.8 Å². The fourth-order valence-electron chi connectivity index (χ4n) is 2.36. The minimum atomic E-state index is -0.129. The highest BCUT2D eigenvalue weighted by atomic mass is 16.5.